The minimum atomic E-state index is -3.30. The van der Waals surface area contributed by atoms with Crippen molar-refractivity contribution in [2.45, 2.75) is 38.2 Å². The monoisotopic (exact) mass is 400 g/mol. The molecule has 0 radical (unpaired) electrons. The number of rotatable bonds is 4. The summed E-state index contributed by atoms with van der Waals surface area (Å²) >= 11 is 0. The van der Waals surface area contributed by atoms with Crippen LogP contribution in [0, 0.1) is 13.8 Å². The van der Waals surface area contributed by atoms with Crippen LogP contribution in [0.4, 0.5) is 0 Å². The summed E-state index contributed by atoms with van der Waals surface area (Å²) in [5.74, 6) is 1.13. The zero-order chi connectivity index (χ0) is 20.9. The van der Waals surface area contributed by atoms with E-state index in [0.29, 0.717) is 16.9 Å². The van der Waals surface area contributed by atoms with Gasteiger partial charge in [-0.25, -0.2) is 8.42 Å². The van der Waals surface area contributed by atoms with Crippen molar-refractivity contribution in [1.82, 2.24) is 0 Å². The summed E-state index contributed by atoms with van der Waals surface area (Å²) in [6.45, 7) is 7.33. The second kappa shape index (κ2) is 6.78. The van der Waals surface area contributed by atoms with Gasteiger partial charge >= 0.3 is 0 Å². The minimum absolute atomic E-state index is 0.112. The maximum atomic E-state index is 13.1. The predicted molar refractivity (Wildman–Crippen MR) is 109 cm³/mol. The van der Waals surface area contributed by atoms with Gasteiger partial charge in [0.1, 0.15) is 11.5 Å². The normalized spacial score (nSPS) is 16.3. The van der Waals surface area contributed by atoms with E-state index in [0.717, 1.165) is 28.7 Å². The van der Waals surface area contributed by atoms with E-state index in [1.807, 2.05) is 26.0 Å². The zero-order valence-electron chi connectivity index (χ0n) is 16.9. The van der Waals surface area contributed by atoms with E-state index in [4.69, 9.17) is 9.47 Å². The van der Waals surface area contributed by atoms with Gasteiger partial charge in [0.15, 0.2) is 15.4 Å². The zero-order valence-corrected chi connectivity index (χ0v) is 17.7. The van der Waals surface area contributed by atoms with Crippen LogP contribution in [0.15, 0.2) is 41.3 Å². The molecule has 0 atom stereocenters. The number of hydrogen-bond acceptors (Lipinski definition) is 5. The number of carbonyl (C=O) groups excluding carboxylic acids is 1. The van der Waals surface area contributed by atoms with E-state index >= 15 is 0 Å². The van der Waals surface area contributed by atoms with E-state index in [1.54, 1.807) is 33.1 Å². The van der Waals surface area contributed by atoms with Crippen LogP contribution in [0.1, 0.15) is 36.1 Å². The van der Waals surface area contributed by atoms with Gasteiger partial charge in [0.25, 0.3) is 0 Å². The molecule has 0 N–H and O–H groups in total. The molecule has 148 valence electrons. The molecule has 0 saturated heterocycles. The van der Waals surface area contributed by atoms with Crippen LogP contribution in [0.25, 0.3) is 11.3 Å². The Labute approximate surface area is 165 Å². The first-order valence-corrected chi connectivity index (χ1v) is 10.8. The van der Waals surface area contributed by atoms with Crippen LogP contribution in [0.2, 0.25) is 0 Å². The summed E-state index contributed by atoms with van der Waals surface area (Å²) in [5.41, 5.74) is 2.76. The molecule has 1 heterocycles. The largest absolute Gasteiger partial charge is 0.496 e. The highest BCUT2D eigenvalue weighted by Crippen LogP contribution is 2.42. The first-order chi connectivity index (χ1) is 13.0. The molecule has 3 rings (SSSR count). The molecule has 2 aromatic carbocycles. The van der Waals surface area contributed by atoms with Gasteiger partial charge in [0.2, 0.25) is 5.78 Å². The highest BCUT2D eigenvalue weighted by atomic mass is 32.2. The minimum Gasteiger partial charge on any atom is -0.496 e. The molecule has 0 aliphatic carbocycles. The van der Waals surface area contributed by atoms with Crippen LogP contribution < -0.4 is 4.74 Å². The van der Waals surface area contributed by atoms with Crippen molar-refractivity contribution in [1.29, 1.82) is 0 Å². The van der Waals surface area contributed by atoms with Crippen LogP contribution in [0.5, 0.6) is 5.75 Å². The molecule has 0 spiro atoms. The number of Topliss-reactive ketones (excluding diaryl/α,β-unsaturated/α-hetero) is 1. The summed E-state index contributed by atoms with van der Waals surface area (Å²) in [6, 6.07) is 10.2. The van der Waals surface area contributed by atoms with Crippen LogP contribution in [0.3, 0.4) is 0 Å². The molecule has 0 aromatic heterocycles. The number of methoxy groups -OCH3 is 1. The maximum Gasteiger partial charge on any atom is 0.210 e. The van der Waals surface area contributed by atoms with E-state index < -0.39 is 15.4 Å². The van der Waals surface area contributed by atoms with Crippen molar-refractivity contribution in [3.63, 3.8) is 0 Å². The Balaban J connectivity index is 2.21. The smallest absolute Gasteiger partial charge is 0.210 e. The van der Waals surface area contributed by atoms with Crippen molar-refractivity contribution in [3.05, 3.63) is 58.7 Å². The summed E-state index contributed by atoms with van der Waals surface area (Å²) < 4.78 is 34.9. The van der Waals surface area contributed by atoms with E-state index in [1.165, 1.54) is 12.1 Å². The molecule has 0 amide bonds. The average Bonchev–Trinajstić information content (AvgIpc) is 2.84. The number of ketones is 1. The Morgan fingerprint density at radius 1 is 0.964 bits per heavy atom. The van der Waals surface area contributed by atoms with Crippen molar-refractivity contribution in [2.24, 2.45) is 0 Å². The number of aryl methyl sites for hydroxylation is 2. The third kappa shape index (κ3) is 3.44. The highest BCUT2D eigenvalue weighted by molar-refractivity contribution is 7.90. The molecule has 1 aliphatic rings. The fourth-order valence-electron chi connectivity index (χ4n) is 3.49. The van der Waals surface area contributed by atoms with Gasteiger partial charge in [0, 0.05) is 11.8 Å². The molecule has 0 bridgehead atoms. The Morgan fingerprint density at radius 2 is 1.50 bits per heavy atom. The lowest BCUT2D eigenvalue weighted by Crippen LogP contribution is -2.29. The van der Waals surface area contributed by atoms with E-state index in [2.05, 4.69) is 0 Å². The van der Waals surface area contributed by atoms with E-state index in [9.17, 15) is 13.2 Å². The maximum absolute atomic E-state index is 13.1. The van der Waals surface area contributed by atoms with Crippen molar-refractivity contribution >= 4 is 27.0 Å². The van der Waals surface area contributed by atoms with Crippen molar-refractivity contribution < 1.29 is 22.7 Å². The van der Waals surface area contributed by atoms with Gasteiger partial charge in [-0.3, -0.25) is 4.79 Å². The van der Waals surface area contributed by atoms with Crippen LogP contribution >= 0.6 is 0 Å². The fraction of sp³-hybridized carbons (Fsp3) is 0.318. The third-order valence-electron chi connectivity index (χ3n) is 4.86. The second-order valence-electron chi connectivity index (χ2n) is 7.59. The lowest BCUT2D eigenvalue weighted by molar-refractivity contribution is -0.125. The van der Waals surface area contributed by atoms with Crippen LogP contribution in [-0.2, 0) is 19.4 Å². The number of carbonyl (C=O) groups is 1. The first-order valence-electron chi connectivity index (χ1n) is 8.90. The van der Waals surface area contributed by atoms with Gasteiger partial charge in [-0.1, -0.05) is 0 Å². The second-order valence-corrected chi connectivity index (χ2v) is 9.60. The molecular weight excluding hydrogens is 376 g/mol. The lowest BCUT2D eigenvalue weighted by Gasteiger charge is -2.18. The summed E-state index contributed by atoms with van der Waals surface area (Å²) in [6.07, 6.45) is 1.16. The molecule has 0 unspecified atom stereocenters. The Kier molecular flexibility index (Phi) is 4.88. The number of sulfone groups is 1. The van der Waals surface area contributed by atoms with Crippen molar-refractivity contribution in [3.8, 4) is 5.75 Å². The van der Waals surface area contributed by atoms with E-state index in [-0.39, 0.29) is 10.7 Å². The van der Waals surface area contributed by atoms with Gasteiger partial charge in [-0.05, 0) is 80.8 Å². The van der Waals surface area contributed by atoms with Gasteiger partial charge in [0.05, 0.1) is 17.6 Å². The van der Waals surface area contributed by atoms with Gasteiger partial charge in [-0.15, -0.1) is 0 Å². The first kappa shape index (κ1) is 20.1. The Hall–Kier alpha value is -2.60. The Morgan fingerprint density at radius 3 is 1.96 bits per heavy atom. The molecular formula is C22H24O5S. The lowest BCUT2D eigenvalue weighted by atomic mass is 9.90. The standard InChI is InChI=1S/C22H24O5S/c1-13-11-16(12-14(2)19(13)26-5)18-20(27-22(3,4)21(18)23)15-7-9-17(10-8-15)28(6,24)25/h7-12H,1-6H3. The predicted octanol–water partition coefficient (Wildman–Crippen LogP) is 3.96. The SMILES string of the molecule is COc1c(C)cc(C2=C(c3ccc(S(C)(=O)=O)cc3)OC(C)(C)C2=O)cc1C. The van der Waals surface area contributed by atoms with Crippen LogP contribution in [-0.4, -0.2) is 33.2 Å². The third-order valence-corrected chi connectivity index (χ3v) is 5.98. The molecule has 5 nitrogen and oxygen atoms in total. The summed E-state index contributed by atoms with van der Waals surface area (Å²) in [4.78, 5) is 13.3. The number of hydrogen-bond donors (Lipinski definition) is 0. The molecule has 0 saturated carbocycles. The Bertz CT molecular complexity index is 1070. The topological polar surface area (TPSA) is 69.7 Å². The summed E-state index contributed by atoms with van der Waals surface area (Å²) in [7, 11) is -1.68. The molecule has 1 aliphatic heterocycles. The highest BCUT2D eigenvalue weighted by Gasteiger charge is 2.43. The fourth-order valence-corrected chi connectivity index (χ4v) is 4.12. The van der Waals surface area contributed by atoms with Gasteiger partial charge < -0.3 is 9.47 Å². The molecule has 28 heavy (non-hydrogen) atoms. The summed E-state index contributed by atoms with van der Waals surface area (Å²) in [5, 5.41) is 0. The number of ether oxygens (including phenoxy) is 2. The van der Waals surface area contributed by atoms with Gasteiger partial charge in [-0.2, -0.15) is 0 Å². The molecule has 2 aromatic rings. The number of benzene rings is 2. The molecule has 6 heteroatoms. The van der Waals surface area contributed by atoms with Crippen molar-refractivity contribution in [2.75, 3.05) is 13.4 Å². The molecule has 0 fully saturated rings. The average molecular weight is 400 g/mol. The quantitative estimate of drug-likeness (QED) is 0.777.